The van der Waals surface area contributed by atoms with Crippen LogP contribution in [0.4, 0.5) is 13.2 Å². The Kier molecular flexibility index (Phi) is 5.33. The molecule has 2 aliphatic carbocycles. The molecule has 2 N–H and O–H groups in total. The van der Waals surface area contributed by atoms with E-state index in [9.17, 15) is 13.2 Å². The molecule has 7 heteroatoms. The molecule has 4 nitrogen and oxygen atoms in total. The maximum Gasteiger partial charge on any atom is 0.418 e. The summed E-state index contributed by atoms with van der Waals surface area (Å²) in [6.45, 7) is 1.21. The van der Waals surface area contributed by atoms with Gasteiger partial charge < -0.3 is 20.1 Å². The molecule has 2 spiro atoms. The molecule has 0 amide bonds. The second-order valence-corrected chi connectivity index (χ2v) is 10.6. The van der Waals surface area contributed by atoms with Gasteiger partial charge in [0, 0.05) is 24.0 Å². The van der Waals surface area contributed by atoms with Crippen molar-refractivity contribution in [3.05, 3.63) is 59.7 Å². The van der Waals surface area contributed by atoms with Gasteiger partial charge in [-0.05, 0) is 60.9 Å². The summed E-state index contributed by atoms with van der Waals surface area (Å²) in [4.78, 5) is 0. The first-order valence-corrected chi connectivity index (χ1v) is 12.3. The fourth-order valence-electron chi connectivity index (χ4n) is 5.83. The lowest BCUT2D eigenvalue weighted by Crippen LogP contribution is -2.49. The highest BCUT2D eigenvalue weighted by atomic mass is 19.4. The predicted octanol–water partition coefficient (Wildman–Crippen LogP) is 5.11. The van der Waals surface area contributed by atoms with Crippen molar-refractivity contribution in [2.75, 3.05) is 13.1 Å². The fraction of sp³-hybridized carbons (Fsp3) is 0.556. The van der Waals surface area contributed by atoms with E-state index in [1.807, 2.05) is 48.5 Å². The molecule has 6 rings (SSSR count). The molecule has 182 valence electrons. The quantitative estimate of drug-likeness (QED) is 0.588. The van der Waals surface area contributed by atoms with Crippen LogP contribution in [-0.2, 0) is 22.7 Å². The number of rotatable bonds is 7. The number of ether oxygens (including phenoxy) is 2. The van der Waals surface area contributed by atoms with Gasteiger partial charge in [0.15, 0.2) is 5.60 Å². The summed E-state index contributed by atoms with van der Waals surface area (Å²) in [6.07, 6.45) is 0.713. The van der Waals surface area contributed by atoms with Crippen molar-refractivity contribution in [3.63, 3.8) is 0 Å². The van der Waals surface area contributed by atoms with Gasteiger partial charge in [0.1, 0.15) is 0 Å². The average Bonchev–Trinajstić information content (AvgIpc) is 3.68. The van der Waals surface area contributed by atoms with Crippen LogP contribution in [0.15, 0.2) is 48.5 Å². The summed E-state index contributed by atoms with van der Waals surface area (Å²) < 4.78 is 54.4. The second kappa shape index (κ2) is 8.05. The van der Waals surface area contributed by atoms with Gasteiger partial charge >= 0.3 is 6.18 Å². The summed E-state index contributed by atoms with van der Waals surface area (Å²) in [5.41, 5.74) is 1.35. The Hall–Kier alpha value is -1.93. The third kappa shape index (κ3) is 3.96. The van der Waals surface area contributed by atoms with E-state index in [4.69, 9.17) is 9.47 Å². The number of hydrogen-bond donors (Lipinski definition) is 2. The SMILES string of the molecule is FC(F)(F)C1(OCc2ccccc2-c2ccccc2COC2CCNC23CC3)CNC2(CC2)C1. The van der Waals surface area contributed by atoms with Gasteiger partial charge in [-0.3, -0.25) is 0 Å². The van der Waals surface area contributed by atoms with Crippen LogP contribution >= 0.6 is 0 Å². The second-order valence-electron chi connectivity index (χ2n) is 10.6. The number of halogens is 3. The van der Waals surface area contributed by atoms with Crippen LogP contribution in [-0.4, -0.2) is 42.0 Å². The van der Waals surface area contributed by atoms with Crippen LogP contribution < -0.4 is 10.6 Å². The summed E-state index contributed by atoms with van der Waals surface area (Å²) in [5, 5.41) is 6.66. The van der Waals surface area contributed by atoms with Crippen molar-refractivity contribution < 1.29 is 22.6 Å². The first kappa shape index (κ1) is 22.5. The molecule has 2 aromatic carbocycles. The lowest BCUT2D eigenvalue weighted by atomic mass is 9.95. The zero-order valence-corrected chi connectivity index (χ0v) is 19.2. The van der Waals surface area contributed by atoms with Crippen molar-refractivity contribution in [1.82, 2.24) is 10.6 Å². The van der Waals surface area contributed by atoms with E-state index in [-0.39, 0.29) is 36.8 Å². The summed E-state index contributed by atoms with van der Waals surface area (Å²) in [6, 6.07) is 15.6. The molecule has 2 heterocycles. The van der Waals surface area contributed by atoms with Crippen LogP contribution in [0.5, 0.6) is 0 Å². The minimum Gasteiger partial charge on any atom is -0.372 e. The number of nitrogens with one attached hydrogen (secondary N) is 2. The third-order valence-corrected chi connectivity index (χ3v) is 8.30. The van der Waals surface area contributed by atoms with Crippen LogP contribution in [0.2, 0.25) is 0 Å². The van der Waals surface area contributed by atoms with E-state index >= 15 is 0 Å². The van der Waals surface area contributed by atoms with Gasteiger partial charge in [-0.2, -0.15) is 13.2 Å². The molecular formula is C27H31F3N2O2. The molecule has 34 heavy (non-hydrogen) atoms. The van der Waals surface area contributed by atoms with Crippen molar-refractivity contribution in [2.45, 2.75) is 80.7 Å². The molecule has 2 saturated heterocycles. The molecular weight excluding hydrogens is 441 g/mol. The highest BCUT2D eigenvalue weighted by molar-refractivity contribution is 5.70. The van der Waals surface area contributed by atoms with Crippen LogP contribution in [0.25, 0.3) is 11.1 Å². The Bertz CT molecular complexity index is 1060. The molecule has 4 aliphatic rings. The van der Waals surface area contributed by atoms with Gasteiger partial charge in [-0.15, -0.1) is 0 Å². The van der Waals surface area contributed by atoms with Crippen LogP contribution in [0, 0.1) is 0 Å². The van der Waals surface area contributed by atoms with Crippen molar-refractivity contribution >= 4 is 0 Å². The third-order valence-electron chi connectivity index (χ3n) is 8.30. The minimum atomic E-state index is -4.42. The van der Waals surface area contributed by atoms with Crippen molar-refractivity contribution in [3.8, 4) is 11.1 Å². The lowest BCUT2D eigenvalue weighted by Gasteiger charge is -2.31. The monoisotopic (exact) mass is 472 g/mol. The van der Waals surface area contributed by atoms with Gasteiger partial charge in [-0.1, -0.05) is 48.5 Å². The van der Waals surface area contributed by atoms with Crippen LogP contribution in [0.1, 0.15) is 49.7 Å². The summed E-state index contributed by atoms with van der Waals surface area (Å²) in [5.74, 6) is 0. The van der Waals surface area contributed by atoms with E-state index < -0.39 is 11.8 Å². The predicted molar refractivity (Wildman–Crippen MR) is 123 cm³/mol. The van der Waals surface area contributed by atoms with Crippen molar-refractivity contribution in [2.24, 2.45) is 0 Å². The number of alkyl halides is 3. The highest BCUT2D eigenvalue weighted by Gasteiger charge is 2.66. The fourth-order valence-corrected chi connectivity index (χ4v) is 5.83. The minimum absolute atomic E-state index is 0.00668. The summed E-state index contributed by atoms with van der Waals surface area (Å²) in [7, 11) is 0. The lowest BCUT2D eigenvalue weighted by molar-refractivity contribution is -0.274. The largest absolute Gasteiger partial charge is 0.418 e. The Morgan fingerprint density at radius 2 is 1.50 bits per heavy atom. The molecule has 2 saturated carbocycles. The maximum atomic E-state index is 14.1. The molecule has 0 radical (unpaired) electrons. The molecule has 2 atom stereocenters. The topological polar surface area (TPSA) is 42.5 Å². The Morgan fingerprint density at radius 3 is 2.09 bits per heavy atom. The highest BCUT2D eigenvalue weighted by Crippen LogP contribution is 2.53. The Balaban J connectivity index is 1.22. The Morgan fingerprint density at radius 1 is 0.853 bits per heavy atom. The summed E-state index contributed by atoms with van der Waals surface area (Å²) >= 11 is 0. The van der Waals surface area contributed by atoms with E-state index in [1.165, 1.54) is 0 Å². The molecule has 2 aromatic rings. The van der Waals surface area contributed by atoms with Gasteiger partial charge in [-0.25, -0.2) is 0 Å². The van der Waals surface area contributed by atoms with E-state index in [0.29, 0.717) is 6.61 Å². The Labute approximate surface area is 198 Å². The molecule has 4 fully saturated rings. The van der Waals surface area contributed by atoms with Gasteiger partial charge in [0.25, 0.3) is 0 Å². The molecule has 0 aromatic heterocycles. The molecule has 0 bridgehead atoms. The van der Waals surface area contributed by atoms with E-state index in [2.05, 4.69) is 10.6 Å². The van der Waals surface area contributed by atoms with E-state index in [0.717, 1.165) is 60.9 Å². The van der Waals surface area contributed by atoms with E-state index in [1.54, 1.807) is 0 Å². The smallest absolute Gasteiger partial charge is 0.372 e. The first-order chi connectivity index (χ1) is 16.3. The number of benzene rings is 2. The zero-order chi connectivity index (χ0) is 23.4. The maximum absolute atomic E-state index is 14.1. The van der Waals surface area contributed by atoms with Gasteiger partial charge in [0.2, 0.25) is 0 Å². The standard InChI is InChI=1S/C27H31F3N2O2/c28-27(29,30)26(17-24(10-11-24)32-18-26)34-16-20-6-2-4-8-22(20)21-7-3-1-5-19(21)15-33-23-9-14-31-25(23)12-13-25/h1-8,23,31-32H,9-18H2. The zero-order valence-electron chi connectivity index (χ0n) is 19.2. The van der Waals surface area contributed by atoms with Crippen molar-refractivity contribution in [1.29, 1.82) is 0 Å². The molecule has 2 aliphatic heterocycles. The first-order valence-electron chi connectivity index (χ1n) is 12.3. The number of hydrogen-bond acceptors (Lipinski definition) is 4. The van der Waals surface area contributed by atoms with Gasteiger partial charge in [0.05, 0.1) is 19.3 Å². The normalized spacial score (nSPS) is 28.6. The van der Waals surface area contributed by atoms with Crippen LogP contribution in [0.3, 0.4) is 0 Å². The average molecular weight is 473 g/mol. The molecule has 2 unspecified atom stereocenters.